The number of carbonyl (C=O) groups excluding carboxylic acids is 1. The highest BCUT2D eigenvalue weighted by molar-refractivity contribution is 9.10. The van der Waals surface area contributed by atoms with Gasteiger partial charge in [-0.2, -0.15) is 0 Å². The normalized spacial score (nSPS) is 25.1. The van der Waals surface area contributed by atoms with Crippen LogP contribution in [0.1, 0.15) is 28.8 Å². The molecular weight excluding hydrogens is 408 g/mol. The smallest absolute Gasteiger partial charge is 0.349 e. The van der Waals surface area contributed by atoms with Crippen LogP contribution in [0.15, 0.2) is 31.9 Å². The SMILES string of the molecule is Cc1c(C(=O)N2CC3CCC(N)C3C2)c(=O)oc2ccc(Br)cc12.Cl. The second-order valence-corrected chi connectivity index (χ2v) is 7.82. The van der Waals surface area contributed by atoms with Gasteiger partial charge in [-0.15, -0.1) is 12.4 Å². The van der Waals surface area contributed by atoms with Gasteiger partial charge in [-0.25, -0.2) is 4.79 Å². The summed E-state index contributed by atoms with van der Waals surface area (Å²) in [5.74, 6) is 0.589. The van der Waals surface area contributed by atoms with E-state index in [4.69, 9.17) is 10.2 Å². The topological polar surface area (TPSA) is 76.5 Å². The second kappa shape index (κ2) is 6.74. The first kappa shape index (κ1) is 18.4. The van der Waals surface area contributed by atoms with Gasteiger partial charge in [0.05, 0.1) is 0 Å². The van der Waals surface area contributed by atoms with E-state index in [0.29, 0.717) is 36.1 Å². The van der Waals surface area contributed by atoms with E-state index >= 15 is 0 Å². The Morgan fingerprint density at radius 2 is 2.08 bits per heavy atom. The molecule has 1 aromatic heterocycles. The third kappa shape index (κ3) is 3.00. The Bertz CT molecular complexity index is 898. The molecule has 0 spiro atoms. The molecule has 3 atom stereocenters. The van der Waals surface area contributed by atoms with Crippen LogP contribution in [0.2, 0.25) is 0 Å². The predicted molar refractivity (Wildman–Crippen MR) is 102 cm³/mol. The van der Waals surface area contributed by atoms with Crippen molar-refractivity contribution < 1.29 is 9.21 Å². The van der Waals surface area contributed by atoms with E-state index in [2.05, 4.69) is 15.9 Å². The quantitative estimate of drug-likeness (QED) is 0.710. The van der Waals surface area contributed by atoms with Crippen LogP contribution in [-0.2, 0) is 0 Å². The molecule has 1 saturated heterocycles. The molecule has 2 aromatic rings. The first-order chi connectivity index (χ1) is 11.5. The van der Waals surface area contributed by atoms with Gasteiger partial charge in [0.15, 0.2) is 0 Å². The van der Waals surface area contributed by atoms with Crippen LogP contribution in [0.25, 0.3) is 11.0 Å². The molecule has 1 aliphatic carbocycles. The van der Waals surface area contributed by atoms with E-state index in [1.807, 2.05) is 19.1 Å². The van der Waals surface area contributed by atoms with Gasteiger partial charge in [-0.3, -0.25) is 4.79 Å². The second-order valence-electron chi connectivity index (χ2n) is 6.91. The summed E-state index contributed by atoms with van der Waals surface area (Å²) in [7, 11) is 0. The zero-order valence-electron chi connectivity index (χ0n) is 13.8. The highest BCUT2D eigenvalue weighted by Crippen LogP contribution is 2.37. The Labute approximate surface area is 160 Å². The number of carbonyl (C=O) groups is 1. The van der Waals surface area contributed by atoms with E-state index in [9.17, 15) is 9.59 Å². The van der Waals surface area contributed by atoms with Crippen molar-refractivity contribution in [2.75, 3.05) is 13.1 Å². The number of amides is 1. The highest BCUT2D eigenvalue weighted by Gasteiger charge is 2.43. The van der Waals surface area contributed by atoms with Crippen molar-refractivity contribution in [3.8, 4) is 0 Å². The van der Waals surface area contributed by atoms with Gasteiger partial charge in [-0.05, 0) is 55.4 Å². The molecular formula is C18H20BrClN2O3. The number of aryl methyl sites for hydroxylation is 1. The zero-order valence-corrected chi connectivity index (χ0v) is 16.2. The minimum Gasteiger partial charge on any atom is -0.422 e. The summed E-state index contributed by atoms with van der Waals surface area (Å²) in [6.07, 6.45) is 2.09. The summed E-state index contributed by atoms with van der Waals surface area (Å²) in [5.41, 5.74) is 6.91. The molecule has 1 amide bonds. The number of benzene rings is 1. The lowest BCUT2D eigenvalue weighted by Gasteiger charge is -2.19. The number of nitrogens with two attached hydrogens (primary N) is 1. The molecule has 0 radical (unpaired) electrons. The number of hydrogen-bond donors (Lipinski definition) is 1. The van der Waals surface area contributed by atoms with Crippen LogP contribution < -0.4 is 11.4 Å². The maximum absolute atomic E-state index is 13.0. The van der Waals surface area contributed by atoms with Crippen molar-refractivity contribution in [2.45, 2.75) is 25.8 Å². The Balaban J connectivity index is 0.00000182. The van der Waals surface area contributed by atoms with E-state index in [0.717, 1.165) is 22.7 Å². The van der Waals surface area contributed by atoms with E-state index < -0.39 is 5.63 Å². The van der Waals surface area contributed by atoms with Crippen molar-refractivity contribution in [2.24, 2.45) is 17.6 Å². The minimum atomic E-state index is -0.561. The molecule has 2 aliphatic rings. The lowest BCUT2D eigenvalue weighted by molar-refractivity contribution is 0.0775. The van der Waals surface area contributed by atoms with Crippen LogP contribution in [-0.4, -0.2) is 29.9 Å². The van der Waals surface area contributed by atoms with E-state index in [1.54, 1.807) is 11.0 Å². The molecule has 2 heterocycles. The molecule has 7 heteroatoms. The summed E-state index contributed by atoms with van der Waals surface area (Å²) in [5, 5.41) is 0.781. The van der Waals surface area contributed by atoms with Crippen molar-refractivity contribution in [1.29, 1.82) is 0 Å². The molecule has 2 N–H and O–H groups in total. The van der Waals surface area contributed by atoms with Gasteiger partial charge in [0.25, 0.3) is 5.91 Å². The fourth-order valence-corrected chi connectivity index (χ4v) is 4.56. The Morgan fingerprint density at radius 3 is 2.80 bits per heavy atom. The summed E-state index contributed by atoms with van der Waals surface area (Å²) in [6.45, 7) is 3.13. The average molecular weight is 428 g/mol. The third-order valence-corrected chi connectivity index (χ3v) is 6.03. The number of rotatable bonds is 1. The number of nitrogens with zero attached hydrogens (tertiary/aromatic N) is 1. The maximum atomic E-state index is 13.0. The summed E-state index contributed by atoms with van der Waals surface area (Å²) in [6, 6.07) is 5.59. The molecule has 0 bridgehead atoms. The largest absolute Gasteiger partial charge is 0.422 e. The molecule has 134 valence electrons. The lowest BCUT2D eigenvalue weighted by Crippen LogP contribution is -2.36. The Morgan fingerprint density at radius 1 is 1.32 bits per heavy atom. The molecule has 1 aliphatic heterocycles. The molecule has 4 rings (SSSR count). The fraction of sp³-hybridized carbons (Fsp3) is 0.444. The third-order valence-electron chi connectivity index (χ3n) is 5.54. The fourth-order valence-electron chi connectivity index (χ4n) is 4.20. The zero-order chi connectivity index (χ0) is 17.0. The van der Waals surface area contributed by atoms with Crippen molar-refractivity contribution >= 4 is 45.2 Å². The van der Waals surface area contributed by atoms with Crippen LogP contribution in [0.4, 0.5) is 0 Å². The summed E-state index contributed by atoms with van der Waals surface area (Å²) >= 11 is 3.42. The molecule has 1 aromatic carbocycles. The predicted octanol–water partition coefficient (Wildman–Crippen LogP) is 3.10. The van der Waals surface area contributed by atoms with Gasteiger partial charge < -0.3 is 15.1 Å². The number of fused-ring (bicyclic) bond motifs is 2. The van der Waals surface area contributed by atoms with Gasteiger partial charge >= 0.3 is 5.63 Å². The lowest BCUT2D eigenvalue weighted by atomic mass is 9.98. The first-order valence-electron chi connectivity index (χ1n) is 8.23. The van der Waals surface area contributed by atoms with Gasteiger partial charge in [0, 0.05) is 29.0 Å². The van der Waals surface area contributed by atoms with E-state index in [-0.39, 0.29) is 29.9 Å². The van der Waals surface area contributed by atoms with E-state index in [1.165, 1.54) is 0 Å². The first-order valence-corrected chi connectivity index (χ1v) is 9.03. The Kier molecular flexibility index (Phi) is 4.97. The molecule has 5 nitrogen and oxygen atoms in total. The molecule has 1 saturated carbocycles. The van der Waals surface area contributed by atoms with Crippen molar-refractivity contribution in [3.63, 3.8) is 0 Å². The monoisotopic (exact) mass is 426 g/mol. The van der Waals surface area contributed by atoms with Gasteiger partial charge in [-0.1, -0.05) is 15.9 Å². The Hall–Kier alpha value is -1.37. The number of halogens is 2. The van der Waals surface area contributed by atoms with Crippen LogP contribution in [0, 0.1) is 18.8 Å². The van der Waals surface area contributed by atoms with Crippen molar-refractivity contribution in [3.05, 3.63) is 44.2 Å². The molecule has 25 heavy (non-hydrogen) atoms. The summed E-state index contributed by atoms with van der Waals surface area (Å²) < 4.78 is 6.26. The number of likely N-dealkylation sites (tertiary alicyclic amines) is 1. The van der Waals surface area contributed by atoms with Gasteiger partial charge in [0.2, 0.25) is 0 Å². The molecule has 2 fully saturated rings. The average Bonchev–Trinajstić information content (AvgIpc) is 3.11. The summed E-state index contributed by atoms with van der Waals surface area (Å²) in [4.78, 5) is 27.1. The molecule has 3 unspecified atom stereocenters. The minimum absolute atomic E-state index is 0. The van der Waals surface area contributed by atoms with Crippen LogP contribution in [0.5, 0.6) is 0 Å². The highest BCUT2D eigenvalue weighted by atomic mass is 79.9. The standard InChI is InChI=1S/C18H19BrN2O3.ClH/c1-9-12-6-11(19)3-5-15(12)24-18(23)16(9)17(22)21-7-10-2-4-14(20)13(10)8-21;/h3,5-6,10,13-14H,2,4,7-8,20H2,1H3;1H. The van der Waals surface area contributed by atoms with Gasteiger partial charge in [0.1, 0.15) is 11.1 Å². The van der Waals surface area contributed by atoms with Crippen LogP contribution >= 0.6 is 28.3 Å². The van der Waals surface area contributed by atoms with Crippen LogP contribution in [0.3, 0.4) is 0 Å². The number of hydrogen-bond acceptors (Lipinski definition) is 4. The maximum Gasteiger partial charge on any atom is 0.349 e. The van der Waals surface area contributed by atoms with Crippen molar-refractivity contribution in [1.82, 2.24) is 4.90 Å².